The van der Waals surface area contributed by atoms with Gasteiger partial charge in [-0.25, -0.2) is 0 Å². The van der Waals surface area contributed by atoms with Crippen LogP contribution < -0.4 is 0 Å². The maximum Gasteiger partial charge on any atom is 0.254 e. The van der Waals surface area contributed by atoms with E-state index in [0.717, 1.165) is 18.5 Å². The van der Waals surface area contributed by atoms with Crippen molar-refractivity contribution in [3.8, 4) is 5.75 Å². The van der Waals surface area contributed by atoms with Gasteiger partial charge in [0.05, 0.1) is 12.6 Å². The highest BCUT2D eigenvalue weighted by Gasteiger charge is 2.34. The molecule has 1 saturated heterocycles. The minimum Gasteiger partial charge on any atom is -0.508 e. The van der Waals surface area contributed by atoms with Crippen LogP contribution in [0.5, 0.6) is 5.75 Å². The van der Waals surface area contributed by atoms with Gasteiger partial charge in [-0.3, -0.25) is 14.5 Å². The third-order valence-electron chi connectivity index (χ3n) is 6.51. The molecule has 6 nitrogen and oxygen atoms in total. The van der Waals surface area contributed by atoms with Crippen LogP contribution in [-0.2, 0) is 11.2 Å². The van der Waals surface area contributed by atoms with E-state index >= 15 is 0 Å². The fourth-order valence-electron chi connectivity index (χ4n) is 4.79. The van der Waals surface area contributed by atoms with Crippen molar-refractivity contribution >= 4 is 23.2 Å². The van der Waals surface area contributed by atoms with Crippen molar-refractivity contribution in [3.05, 3.63) is 87.6 Å². The zero-order valence-corrected chi connectivity index (χ0v) is 19.2. The summed E-state index contributed by atoms with van der Waals surface area (Å²) in [6.07, 6.45) is 0.897. The number of thiophene rings is 1. The van der Waals surface area contributed by atoms with E-state index in [1.54, 1.807) is 34.4 Å². The summed E-state index contributed by atoms with van der Waals surface area (Å²) in [5.41, 5.74) is 2.88. The molecule has 2 aromatic carbocycles. The van der Waals surface area contributed by atoms with E-state index in [1.807, 2.05) is 23.1 Å². The first kappa shape index (κ1) is 21.7. The molecule has 1 aromatic heterocycles. The van der Waals surface area contributed by atoms with Gasteiger partial charge >= 0.3 is 0 Å². The summed E-state index contributed by atoms with van der Waals surface area (Å²) in [7, 11) is 0. The highest BCUT2D eigenvalue weighted by atomic mass is 32.1. The first-order valence-electron chi connectivity index (χ1n) is 11.3. The molecule has 2 aliphatic heterocycles. The lowest BCUT2D eigenvalue weighted by atomic mass is 9.93. The Morgan fingerprint density at radius 1 is 0.939 bits per heavy atom. The monoisotopic (exact) mass is 461 g/mol. The van der Waals surface area contributed by atoms with E-state index in [4.69, 9.17) is 0 Å². The maximum atomic E-state index is 13.4. The number of phenols is 1. The van der Waals surface area contributed by atoms with Crippen molar-refractivity contribution in [1.82, 2.24) is 14.7 Å². The standard InChI is InChI=1S/C26H27N3O3S/c30-21-8-4-7-20(17-21)26(32)28-14-12-27(13-15-28)18-24(31)29-11-9-23-22(10-16-33-23)25(29)19-5-2-1-3-6-19/h1-8,10,16-17,25,30H,9,11-15,18H2. The van der Waals surface area contributed by atoms with Crippen LogP contribution in [0.15, 0.2) is 66.0 Å². The Balaban J connectivity index is 1.24. The molecule has 0 aliphatic carbocycles. The summed E-state index contributed by atoms with van der Waals surface area (Å²) in [4.78, 5) is 33.5. The Morgan fingerprint density at radius 2 is 1.73 bits per heavy atom. The van der Waals surface area contributed by atoms with E-state index in [9.17, 15) is 14.7 Å². The molecule has 1 fully saturated rings. The molecule has 3 aromatic rings. The predicted molar refractivity (Wildman–Crippen MR) is 128 cm³/mol. The lowest BCUT2D eigenvalue weighted by molar-refractivity contribution is -0.134. The number of carbonyl (C=O) groups excluding carboxylic acids is 2. The van der Waals surface area contributed by atoms with Crippen LogP contribution in [-0.4, -0.2) is 70.9 Å². The highest BCUT2D eigenvalue weighted by Crippen LogP contribution is 2.37. The zero-order valence-electron chi connectivity index (χ0n) is 18.4. The van der Waals surface area contributed by atoms with Gasteiger partial charge in [-0.2, -0.15) is 0 Å². The molecule has 1 N–H and O–H groups in total. The topological polar surface area (TPSA) is 64.1 Å². The Morgan fingerprint density at radius 3 is 2.48 bits per heavy atom. The summed E-state index contributed by atoms with van der Waals surface area (Å²) in [6.45, 7) is 3.53. The number of carbonyl (C=O) groups is 2. The number of aromatic hydroxyl groups is 1. The van der Waals surface area contributed by atoms with Crippen LogP contribution in [0.25, 0.3) is 0 Å². The number of rotatable bonds is 4. The Hall–Kier alpha value is -3.16. The third-order valence-corrected chi connectivity index (χ3v) is 7.51. The molecule has 0 bridgehead atoms. The number of hydrogen-bond acceptors (Lipinski definition) is 5. The number of nitrogens with zero attached hydrogens (tertiary/aromatic N) is 3. The van der Waals surface area contributed by atoms with Gasteiger partial charge in [-0.1, -0.05) is 36.4 Å². The molecule has 33 heavy (non-hydrogen) atoms. The first-order valence-corrected chi connectivity index (χ1v) is 12.2. The van der Waals surface area contributed by atoms with Crippen molar-refractivity contribution < 1.29 is 14.7 Å². The smallest absolute Gasteiger partial charge is 0.254 e. The van der Waals surface area contributed by atoms with Gasteiger partial charge in [-0.05, 0) is 47.2 Å². The highest BCUT2D eigenvalue weighted by molar-refractivity contribution is 7.10. The SMILES string of the molecule is O=C(c1cccc(O)c1)N1CCN(CC(=O)N2CCc3sccc3C2c2ccccc2)CC1. The van der Waals surface area contributed by atoms with Gasteiger partial charge in [0.2, 0.25) is 5.91 Å². The quantitative estimate of drug-likeness (QED) is 0.647. The number of benzene rings is 2. The fourth-order valence-corrected chi connectivity index (χ4v) is 5.70. The summed E-state index contributed by atoms with van der Waals surface area (Å²) in [5.74, 6) is 0.142. The molecule has 0 radical (unpaired) electrons. The molecular formula is C26H27N3O3S. The Kier molecular flexibility index (Phi) is 6.15. The van der Waals surface area contributed by atoms with Crippen molar-refractivity contribution in [2.24, 2.45) is 0 Å². The molecule has 1 unspecified atom stereocenters. The first-order chi connectivity index (χ1) is 16.1. The van der Waals surface area contributed by atoms with E-state index in [-0.39, 0.29) is 23.6 Å². The van der Waals surface area contributed by atoms with Crippen molar-refractivity contribution in [2.45, 2.75) is 12.5 Å². The number of fused-ring (bicyclic) bond motifs is 1. The molecule has 170 valence electrons. The molecule has 2 aliphatic rings. The second kappa shape index (κ2) is 9.37. The molecule has 1 atom stereocenters. The predicted octanol–water partition coefficient (Wildman–Crippen LogP) is 3.39. The molecule has 2 amide bonds. The molecule has 3 heterocycles. The van der Waals surface area contributed by atoms with E-state index < -0.39 is 0 Å². The van der Waals surface area contributed by atoms with Gasteiger partial charge in [0.15, 0.2) is 0 Å². The number of hydrogen-bond donors (Lipinski definition) is 1. The third kappa shape index (κ3) is 4.51. The number of piperazine rings is 1. The Bertz CT molecular complexity index is 1140. The second-order valence-electron chi connectivity index (χ2n) is 8.57. The van der Waals surface area contributed by atoms with Gasteiger partial charge in [0, 0.05) is 43.2 Å². The lowest BCUT2D eigenvalue weighted by Gasteiger charge is -2.39. The molecule has 0 spiro atoms. The maximum absolute atomic E-state index is 13.4. The summed E-state index contributed by atoms with van der Waals surface area (Å²) in [5, 5.41) is 11.8. The second-order valence-corrected chi connectivity index (χ2v) is 9.57. The number of phenolic OH excluding ortho intramolecular Hbond substituents is 1. The van der Waals surface area contributed by atoms with Crippen LogP contribution in [0.3, 0.4) is 0 Å². The van der Waals surface area contributed by atoms with Crippen LogP contribution in [0.2, 0.25) is 0 Å². The fraction of sp³-hybridized carbons (Fsp3) is 0.308. The average Bonchev–Trinajstić information content (AvgIpc) is 3.33. The normalized spacial score (nSPS) is 18.7. The summed E-state index contributed by atoms with van der Waals surface area (Å²) >= 11 is 1.77. The zero-order chi connectivity index (χ0) is 22.8. The molecular weight excluding hydrogens is 434 g/mol. The average molecular weight is 462 g/mol. The van der Waals surface area contributed by atoms with Crippen molar-refractivity contribution in [1.29, 1.82) is 0 Å². The minimum atomic E-state index is -0.0814. The number of amides is 2. The summed E-state index contributed by atoms with van der Waals surface area (Å²) < 4.78 is 0. The van der Waals surface area contributed by atoms with Crippen LogP contribution >= 0.6 is 11.3 Å². The van der Waals surface area contributed by atoms with Crippen molar-refractivity contribution in [3.63, 3.8) is 0 Å². The van der Waals surface area contributed by atoms with Crippen LogP contribution in [0, 0.1) is 0 Å². The van der Waals surface area contributed by atoms with Crippen molar-refractivity contribution in [2.75, 3.05) is 39.3 Å². The molecule has 0 saturated carbocycles. The lowest BCUT2D eigenvalue weighted by Crippen LogP contribution is -2.52. The largest absolute Gasteiger partial charge is 0.508 e. The van der Waals surface area contributed by atoms with E-state index in [0.29, 0.717) is 38.3 Å². The minimum absolute atomic E-state index is 0.0395. The molecule has 7 heteroatoms. The van der Waals surface area contributed by atoms with Gasteiger partial charge < -0.3 is 14.9 Å². The van der Waals surface area contributed by atoms with E-state index in [2.05, 4.69) is 28.5 Å². The van der Waals surface area contributed by atoms with Crippen LogP contribution in [0.4, 0.5) is 0 Å². The van der Waals surface area contributed by atoms with Gasteiger partial charge in [0.25, 0.3) is 5.91 Å². The van der Waals surface area contributed by atoms with Crippen LogP contribution in [0.1, 0.15) is 32.4 Å². The molecule has 5 rings (SSSR count). The van der Waals surface area contributed by atoms with Gasteiger partial charge in [-0.15, -0.1) is 11.3 Å². The van der Waals surface area contributed by atoms with E-state index in [1.165, 1.54) is 16.5 Å². The summed E-state index contributed by atoms with van der Waals surface area (Å²) in [6, 6.07) is 18.8. The Labute approximate surface area is 197 Å². The van der Waals surface area contributed by atoms with Gasteiger partial charge in [0.1, 0.15) is 5.75 Å².